The summed E-state index contributed by atoms with van der Waals surface area (Å²) in [6.07, 6.45) is 0.891. The minimum Gasteiger partial charge on any atom is -0.396 e. The first-order chi connectivity index (χ1) is 11.5. The molecule has 1 aromatic carbocycles. The number of benzene rings is 1. The third-order valence-corrected chi connectivity index (χ3v) is 5.41. The Morgan fingerprint density at radius 2 is 2.21 bits per heavy atom. The number of nitrogens with zero attached hydrogens (tertiary/aromatic N) is 2. The van der Waals surface area contributed by atoms with E-state index >= 15 is 0 Å². The highest BCUT2D eigenvalue weighted by Gasteiger charge is 2.48. The molecule has 0 bridgehead atoms. The molecule has 0 radical (unpaired) electrons. The zero-order valence-corrected chi connectivity index (χ0v) is 13.6. The van der Waals surface area contributed by atoms with Gasteiger partial charge in [-0.3, -0.25) is 0 Å². The number of hydrogen-bond donors (Lipinski definition) is 1. The van der Waals surface area contributed by atoms with Crippen molar-refractivity contribution in [1.29, 1.82) is 0 Å². The molecule has 6 heteroatoms. The van der Waals surface area contributed by atoms with Gasteiger partial charge in [0.05, 0.1) is 13.2 Å². The highest BCUT2D eigenvalue weighted by Crippen LogP contribution is 2.44. The van der Waals surface area contributed by atoms with E-state index in [1.807, 2.05) is 6.07 Å². The van der Waals surface area contributed by atoms with Gasteiger partial charge < -0.3 is 14.7 Å². The number of aliphatic hydroxyl groups is 1. The van der Waals surface area contributed by atoms with Gasteiger partial charge in [0.2, 0.25) is 0 Å². The Kier molecular flexibility index (Phi) is 3.69. The van der Waals surface area contributed by atoms with Gasteiger partial charge in [-0.2, -0.15) is 0 Å². The summed E-state index contributed by atoms with van der Waals surface area (Å²) in [5.74, 6) is -0.936. The maximum Gasteiger partial charge on any atom is 0.152 e. The number of aromatic nitrogens is 1. The lowest BCUT2D eigenvalue weighted by Crippen LogP contribution is -2.42. The van der Waals surface area contributed by atoms with Crippen LogP contribution in [0.4, 0.5) is 14.5 Å². The molecule has 24 heavy (non-hydrogen) atoms. The van der Waals surface area contributed by atoms with Crippen LogP contribution in [0.2, 0.25) is 0 Å². The van der Waals surface area contributed by atoms with Gasteiger partial charge in [0, 0.05) is 47.9 Å². The second kappa shape index (κ2) is 5.63. The molecule has 0 spiro atoms. The molecule has 4 nitrogen and oxygen atoms in total. The molecule has 1 aromatic heterocycles. The van der Waals surface area contributed by atoms with Crippen LogP contribution in [-0.4, -0.2) is 43.0 Å². The van der Waals surface area contributed by atoms with Crippen molar-refractivity contribution in [3.8, 4) is 0 Å². The van der Waals surface area contributed by atoms with Gasteiger partial charge in [0.25, 0.3) is 0 Å². The smallest absolute Gasteiger partial charge is 0.152 e. The first-order valence-electron chi connectivity index (χ1n) is 8.22. The van der Waals surface area contributed by atoms with E-state index in [0.717, 1.165) is 24.7 Å². The van der Waals surface area contributed by atoms with E-state index in [9.17, 15) is 13.9 Å². The number of halogens is 2. The van der Waals surface area contributed by atoms with Gasteiger partial charge in [0.1, 0.15) is 11.3 Å². The van der Waals surface area contributed by atoms with E-state index in [4.69, 9.17) is 4.74 Å². The summed E-state index contributed by atoms with van der Waals surface area (Å²) in [6, 6.07) is 4.07. The molecule has 0 saturated carbocycles. The number of fused-ring (bicyclic) bond motifs is 2. The second-order valence-electron chi connectivity index (χ2n) is 7.01. The van der Waals surface area contributed by atoms with Crippen LogP contribution < -0.4 is 4.90 Å². The summed E-state index contributed by atoms with van der Waals surface area (Å²) < 4.78 is 33.5. The number of aliphatic hydroxyl groups excluding tert-OH is 1. The number of hydrogen-bond acceptors (Lipinski definition) is 4. The fraction of sp³-hybridized carbons (Fsp3) is 0.500. The lowest BCUT2D eigenvalue weighted by Gasteiger charge is -2.36. The Morgan fingerprint density at radius 3 is 2.96 bits per heavy atom. The van der Waals surface area contributed by atoms with Crippen LogP contribution in [0.3, 0.4) is 0 Å². The molecule has 2 fully saturated rings. The standard InChI is InChI=1S/C18H20F2N2O2/c1-11-4-16(14-5-13(19)6-15(20)17(14)21-11)22-7-12-2-3-24-10-18(12,8-22)9-23/h4-6,12,23H,2-3,7-10H2,1H3/t12-,18+/m0/s1. The molecule has 2 aliphatic rings. The Bertz CT molecular complexity index is 798. The van der Waals surface area contributed by atoms with Crippen LogP contribution in [0.5, 0.6) is 0 Å². The van der Waals surface area contributed by atoms with Crippen molar-refractivity contribution < 1.29 is 18.6 Å². The Morgan fingerprint density at radius 1 is 1.38 bits per heavy atom. The van der Waals surface area contributed by atoms with E-state index < -0.39 is 11.6 Å². The maximum atomic E-state index is 14.2. The van der Waals surface area contributed by atoms with E-state index in [-0.39, 0.29) is 17.5 Å². The van der Waals surface area contributed by atoms with Gasteiger partial charge in [-0.05, 0) is 31.4 Å². The minimum absolute atomic E-state index is 0.0545. The van der Waals surface area contributed by atoms with Crippen LogP contribution in [0.15, 0.2) is 18.2 Å². The largest absolute Gasteiger partial charge is 0.396 e. The highest BCUT2D eigenvalue weighted by molar-refractivity contribution is 5.92. The van der Waals surface area contributed by atoms with Gasteiger partial charge in [-0.1, -0.05) is 0 Å². The Hall–Kier alpha value is -1.79. The summed E-state index contributed by atoms with van der Waals surface area (Å²) in [7, 11) is 0. The lowest BCUT2D eigenvalue weighted by molar-refractivity contribution is -0.0543. The van der Waals surface area contributed by atoms with Gasteiger partial charge in [0.15, 0.2) is 5.82 Å². The van der Waals surface area contributed by atoms with E-state index in [1.54, 1.807) is 6.92 Å². The number of rotatable bonds is 2. The SMILES string of the molecule is Cc1cc(N2C[C@@H]3CCOC[C@]3(CO)C2)c2cc(F)cc(F)c2n1. The molecule has 2 atom stereocenters. The molecule has 3 heterocycles. The third kappa shape index (κ3) is 2.36. The number of ether oxygens (including phenoxy) is 1. The maximum absolute atomic E-state index is 14.2. The van der Waals surface area contributed by atoms with Crippen molar-refractivity contribution in [2.75, 3.05) is 37.8 Å². The average Bonchev–Trinajstić information content (AvgIpc) is 2.95. The lowest BCUT2D eigenvalue weighted by atomic mass is 9.76. The summed E-state index contributed by atoms with van der Waals surface area (Å²) in [6.45, 7) is 4.44. The summed E-state index contributed by atoms with van der Waals surface area (Å²) in [5.41, 5.74) is 1.36. The highest BCUT2D eigenvalue weighted by atomic mass is 19.1. The molecular formula is C18H20F2N2O2. The van der Waals surface area contributed by atoms with Crippen molar-refractivity contribution in [1.82, 2.24) is 4.98 Å². The summed E-state index contributed by atoms with van der Waals surface area (Å²) >= 11 is 0. The van der Waals surface area contributed by atoms with Gasteiger partial charge in [-0.25, -0.2) is 13.8 Å². The first-order valence-corrected chi connectivity index (χ1v) is 8.22. The van der Waals surface area contributed by atoms with Crippen LogP contribution in [0.1, 0.15) is 12.1 Å². The normalized spacial score (nSPS) is 26.8. The quantitative estimate of drug-likeness (QED) is 0.917. The van der Waals surface area contributed by atoms with Crippen LogP contribution in [-0.2, 0) is 4.74 Å². The second-order valence-corrected chi connectivity index (χ2v) is 7.01. The number of anilines is 1. The predicted molar refractivity (Wildman–Crippen MR) is 87.1 cm³/mol. The molecule has 2 aromatic rings. The molecule has 4 rings (SSSR count). The topological polar surface area (TPSA) is 45.6 Å². The average molecular weight is 334 g/mol. The van der Waals surface area contributed by atoms with Crippen LogP contribution in [0, 0.1) is 29.9 Å². The Balaban J connectivity index is 1.82. The van der Waals surface area contributed by atoms with E-state index in [1.165, 1.54) is 6.07 Å². The van der Waals surface area contributed by atoms with Crippen molar-refractivity contribution in [2.24, 2.45) is 11.3 Å². The van der Waals surface area contributed by atoms with Crippen molar-refractivity contribution in [3.63, 3.8) is 0 Å². The summed E-state index contributed by atoms with van der Waals surface area (Å²) in [5, 5.41) is 10.4. The van der Waals surface area contributed by atoms with Crippen molar-refractivity contribution in [3.05, 3.63) is 35.5 Å². The molecule has 1 N–H and O–H groups in total. The number of pyridine rings is 1. The van der Waals surface area contributed by atoms with Gasteiger partial charge in [-0.15, -0.1) is 0 Å². The molecule has 2 aliphatic heterocycles. The first kappa shape index (κ1) is 15.7. The molecule has 128 valence electrons. The predicted octanol–water partition coefficient (Wildman–Crippen LogP) is 2.66. The molecule has 0 unspecified atom stereocenters. The van der Waals surface area contributed by atoms with Gasteiger partial charge >= 0.3 is 0 Å². The molecule has 0 aliphatic carbocycles. The third-order valence-electron chi connectivity index (χ3n) is 5.41. The van der Waals surface area contributed by atoms with E-state index in [0.29, 0.717) is 36.8 Å². The molecule has 0 amide bonds. The van der Waals surface area contributed by atoms with Crippen LogP contribution in [0.25, 0.3) is 10.9 Å². The number of aryl methyl sites for hydroxylation is 1. The van der Waals surface area contributed by atoms with Crippen LogP contribution >= 0.6 is 0 Å². The zero-order valence-electron chi connectivity index (χ0n) is 13.6. The molecule has 2 saturated heterocycles. The fourth-order valence-corrected chi connectivity index (χ4v) is 4.12. The van der Waals surface area contributed by atoms with Crippen molar-refractivity contribution in [2.45, 2.75) is 13.3 Å². The Labute approximate surface area is 139 Å². The molecular weight excluding hydrogens is 314 g/mol. The van der Waals surface area contributed by atoms with Crippen molar-refractivity contribution >= 4 is 16.6 Å². The summed E-state index contributed by atoms with van der Waals surface area (Å²) in [4.78, 5) is 6.35. The van der Waals surface area contributed by atoms with E-state index in [2.05, 4.69) is 9.88 Å². The monoisotopic (exact) mass is 334 g/mol. The zero-order chi connectivity index (χ0) is 16.9. The fourth-order valence-electron chi connectivity index (χ4n) is 4.12. The minimum atomic E-state index is -0.647.